The number of aliphatic carboxylic acids is 2. The third-order valence-electron chi connectivity index (χ3n) is 5.42. The highest BCUT2D eigenvalue weighted by molar-refractivity contribution is 5.77. The highest BCUT2D eigenvalue weighted by atomic mass is 16.4. The number of unbranched alkanes of at least 4 members (excludes halogenated alkanes) is 4. The molecule has 1 saturated carbocycles. The van der Waals surface area contributed by atoms with E-state index >= 15 is 0 Å². The Balaban J connectivity index is 1.96. The second kappa shape index (κ2) is 9.40. The zero-order chi connectivity index (χ0) is 18.2. The van der Waals surface area contributed by atoms with Gasteiger partial charge in [0.05, 0.1) is 16.9 Å². The minimum atomic E-state index is -0.751. The molecule has 0 aromatic rings. The summed E-state index contributed by atoms with van der Waals surface area (Å²) < 4.78 is 0. The van der Waals surface area contributed by atoms with E-state index in [4.69, 9.17) is 10.2 Å². The van der Waals surface area contributed by atoms with Crippen LogP contribution in [0.25, 0.3) is 0 Å². The molecule has 0 bridgehead atoms. The first kappa shape index (κ1) is 20.9. The molecule has 1 aliphatic carbocycles. The summed E-state index contributed by atoms with van der Waals surface area (Å²) in [4.78, 5) is 22.0. The van der Waals surface area contributed by atoms with Crippen LogP contribution in [0.15, 0.2) is 0 Å². The summed E-state index contributed by atoms with van der Waals surface area (Å²) in [6.07, 6.45) is 9.98. The molecule has 0 aromatic carbocycles. The second-order valence-electron chi connectivity index (χ2n) is 8.13. The van der Waals surface area contributed by atoms with Gasteiger partial charge >= 0.3 is 11.9 Å². The maximum atomic E-state index is 11.1. The Kier molecular flexibility index (Phi) is 8.20. The van der Waals surface area contributed by atoms with E-state index in [0.29, 0.717) is 6.42 Å². The highest BCUT2D eigenvalue weighted by Gasteiger charge is 2.49. The van der Waals surface area contributed by atoms with E-state index in [9.17, 15) is 14.7 Å². The van der Waals surface area contributed by atoms with Gasteiger partial charge in [-0.3, -0.25) is 9.59 Å². The molecule has 1 rings (SSSR count). The zero-order valence-corrected chi connectivity index (χ0v) is 15.2. The number of hydrogen-bond acceptors (Lipinski definition) is 3. The number of carboxylic acid groups (broad SMARTS) is 2. The molecular weight excluding hydrogens is 308 g/mol. The first-order valence-electron chi connectivity index (χ1n) is 9.34. The fourth-order valence-corrected chi connectivity index (χ4v) is 3.12. The average Bonchev–Trinajstić information content (AvgIpc) is 3.27. The smallest absolute Gasteiger partial charge is 0.309 e. The number of aliphatic hydroxyl groups is 1. The van der Waals surface area contributed by atoms with Crippen LogP contribution in [-0.4, -0.2) is 33.4 Å². The molecule has 1 unspecified atom stereocenters. The van der Waals surface area contributed by atoms with Crippen LogP contribution in [0, 0.1) is 10.8 Å². The first-order chi connectivity index (χ1) is 11.2. The Bertz CT molecular complexity index is 386. The molecule has 1 fully saturated rings. The van der Waals surface area contributed by atoms with Crippen LogP contribution in [0.3, 0.4) is 0 Å². The molecule has 0 aliphatic heterocycles. The van der Waals surface area contributed by atoms with E-state index in [1.165, 1.54) is 0 Å². The monoisotopic (exact) mass is 342 g/mol. The van der Waals surface area contributed by atoms with Crippen LogP contribution in [0.4, 0.5) is 0 Å². The lowest BCUT2D eigenvalue weighted by molar-refractivity contribution is -0.147. The largest absolute Gasteiger partial charge is 0.481 e. The van der Waals surface area contributed by atoms with Gasteiger partial charge in [0.15, 0.2) is 0 Å². The van der Waals surface area contributed by atoms with Gasteiger partial charge in [0.25, 0.3) is 0 Å². The molecule has 0 radical (unpaired) electrons. The van der Waals surface area contributed by atoms with E-state index in [-0.39, 0.29) is 6.10 Å². The quantitative estimate of drug-likeness (QED) is 0.411. The lowest BCUT2D eigenvalue weighted by atomic mass is 9.87. The first-order valence-corrected chi connectivity index (χ1v) is 9.34. The van der Waals surface area contributed by atoms with Gasteiger partial charge in [0, 0.05) is 0 Å². The minimum Gasteiger partial charge on any atom is -0.481 e. The summed E-state index contributed by atoms with van der Waals surface area (Å²) in [6.45, 7) is 3.50. The zero-order valence-electron chi connectivity index (χ0n) is 15.2. The molecular formula is C19H34O5. The van der Waals surface area contributed by atoms with E-state index in [1.54, 1.807) is 13.8 Å². The Labute approximate surface area is 145 Å². The fourth-order valence-electron chi connectivity index (χ4n) is 3.12. The van der Waals surface area contributed by atoms with Crippen LogP contribution in [0.2, 0.25) is 0 Å². The van der Waals surface area contributed by atoms with E-state index < -0.39 is 22.8 Å². The summed E-state index contributed by atoms with van der Waals surface area (Å²) >= 11 is 0. The molecule has 1 aliphatic rings. The van der Waals surface area contributed by atoms with Gasteiger partial charge in [0.2, 0.25) is 0 Å². The van der Waals surface area contributed by atoms with E-state index in [2.05, 4.69) is 0 Å². The lowest BCUT2D eigenvalue weighted by Gasteiger charge is -2.18. The Morgan fingerprint density at radius 1 is 0.958 bits per heavy atom. The maximum absolute atomic E-state index is 11.1. The van der Waals surface area contributed by atoms with Crippen molar-refractivity contribution in [3.8, 4) is 0 Å². The van der Waals surface area contributed by atoms with Gasteiger partial charge in [-0.2, -0.15) is 0 Å². The molecule has 0 aromatic heterocycles. The van der Waals surface area contributed by atoms with Crippen molar-refractivity contribution in [1.29, 1.82) is 0 Å². The molecule has 5 heteroatoms. The van der Waals surface area contributed by atoms with Crippen molar-refractivity contribution in [3.05, 3.63) is 0 Å². The Hall–Kier alpha value is -1.10. The van der Waals surface area contributed by atoms with Crippen molar-refractivity contribution in [2.24, 2.45) is 10.8 Å². The lowest BCUT2D eigenvalue weighted by Crippen LogP contribution is -2.23. The second-order valence-corrected chi connectivity index (χ2v) is 8.13. The van der Waals surface area contributed by atoms with Crippen LogP contribution in [0.5, 0.6) is 0 Å². The van der Waals surface area contributed by atoms with Gasteiger partial charge in [-0.1, -0.05) is 38.5 Å². The molecule has 24 heavy (non-hydrogen) atoms. The molecule has 5 nitrogen and oxygen atoms in total. The van der Waals surface area contributed by atoms with Crippen LogP contribution in [-0.2, 0) is 9.59 Å². The highest BCUT2D eigenvalue weighted by Crippen LogP contribution is 2.50. The van der Waals surface area contributed by atoms with Crippen molar-refractivity contribution in [2.45, 2.75) is 97.0 Å². The third-order valence-corrected chi connectivity index (χ3v) is 5.42. The molecule has 0 amide bonds. The molecule has 3 N–H and O–H groups in total. The summed E-state index contributed by atoms with van der Waals surface area (Å²) in [6, 6.07) is 0. The summed E-state index contributed by atoms with van der Waals surface area (Å²) in [5.41, 5.74) is -1.07. The normalized spacial score (nSPS) is 17.5. The summed E-state index contributed by atoms with van der Waals surface area (Å²) in [5.74, 6) is -1.40. The molecule has 0 saturated heterocycles. The summed E-state index contributed by atoms with van der Waals surface area (Å²) in [7, 11) is 0. The SMILES string of the molecule is CC(C)(CCCCCC(O)CCCCCC1(C(=O)O)CC1)C(=O)O. The van der Waals surface area contributed by atoms with Gasteiger partial charge in [-0.25, -0.2) is 0 Å². The molecule has 140 valence electrons. The van der Waals surface area contributed by atoms with Crippen LogP contribution in [0.1, 0.15) is 90.9 Å². The van der Waals surface area contributed by atoms with Crippen LogP contribution < -0.4 is 0 Å². The van der Waals surface area contributed by atoms with E-state index in [0.717, 1.165) is 70.6 Å². The predicted octanol–water partition coefficient (Wildman–Crippen LogP) is 4.22. The van der Waals surface area contributed by atoms with Gasteiger partial charge < -0.3 is 15.3 Å². The number of rotatable bonds is 14. The van der Waals surface area contributed by atoms with Gasteiger partial charge in [-0.15, -0.1) is 0 Å². The number of carboxylic acids is 2. The number of carbonyl (C=O) groups is 2. The van der Waals surface area contributed by atoms with Gasteiger partial charge in [0.1, 0.15) is 0 Å². The number of aliphatic hydroxyl groups excluding tert-OH is 1. The van der Waals surface area contributed by atoms with Crippen molar-refractivity contribution in [2.75, 3.05) is 0 Å². The molecule has 0 spiro atoms. The average molecular weight is 342 g/mol. The standard InChI is InChI=1S/C19H34O5/c1-18(2,16(21)22)11-7-3-5-9-15(20)10-6-4-8-12-19(13-14-19)17(23)24/h15,20H,3-14H2,1-2H3,(H,21,22)(H,23,24). The van der Waals surface area contributed by atoms with Crippen LogP contribution >= 0.6 is 0 Å². The molecule has 1 atom stereocenters. The number of hydrogen-bond donors (Lipinski definition) is 3. The van der Waals surface area contributed by atoms with Crippen molar-refractivity contribution < 1.29 is 24.9 Å². The van der Waals surface area contributed by atoms with Gasteiger partial charge in [-0.05, 0) is 52.4 Å². The van der Waals surface area contributed by atoms with Crippen molar-refractivity contribution in [3.63, 3.8) is 0 Å². The molecule has 0 heterocycles. The predicted molar refractivity (Wildman–Crippen MR) is 92.9 cm³/mol. The van der Waals surface area contributed by atoms with Crippen molar-refractivity contribution >= 4 is 11.9 Å². The maximum Gasteiger partial charge on any atom is 0.309 e. The summed E-state index contributed by atoms with van der Waals surface area (Å²) in [5, 5.41) is 28.1. The Morgan fingerprint density at radius 2 is 1.50 bits per heavy atom. The fraction of sp³-hybridized carbons (Fsp3) is 0.895. The Morgan fingerprint density at radius 3 is 1.96 bits per heavy atom. The third kappa shape index (κ3) is 7.20. The van der Waals surface area contributed by atoms with E-state index in [1.807, 2.05) is 0 Å². The van der Waals surface area contributed by atoms with Crippen molar-refractivity contribution in [1.82, 2.24) is 0 Å². The minimum absolute atomic E-state index is 0.285. The topological polar surface area (TPSA) is 94.8 Å².